The standard InChI is InChI=1S/C21H23Cl2N3O3/c22-16-5-3-15(4-6-16)14-25(12-13-27)20(28)19-2-1-11-26(19)21(29)24-18-9-7-17(23)8-10-18/h3-10,19,27H,1-2,11-14H2,(H,24,29). The minimum absolute atomic E-state index is 0.150. The first-order chi connectivity index (χ1) is 14.0. The minimum Gasteiger partial charge on any atom is -0.395 e. The lowest BCUT2D eigenvalue weighted by Crippen LogP contribution is -2.49. The van der Waals surface area contributed by atoms with Gasteiger partial charge < -0.3 is 20.2 Å². The van der Waals surface area contributed by atoms with Crippen LogP contribution in [0.2, 0.25) is 10.0 Å². The number of benzene rings is 2. The first-order valence-corrected chi connectivity index (χ1v) is 10.2. The van der Waals surface area contributed by atoms with E-state index in [-0.39, 0.29) is 25.1 Å². The lowest BCUT2D eigenvalue weighted by atomic mass is 10.1. The molecule has 1 fully saturated rings. The van der Waals surface area contributed by atoms with Gasteiger partial charge in [0.2, 0.25) is 5.91 Å². The average molecular weight is 436 g/mol. The van der Waals surface area contributed by atoms with E-state index >= 15 is 0 Å². The second-order valence-corrected chi connectivity index (χ2v) is 7.77. The van der Waals surface area contributed by atoms with Gasteiger partial charge >= 0.3 is 6.03 Å². The minimum atomic E-state index is -0.554. The number of nitrogens with one attached hydrogen (secondary N) is 1. The monoisotopic (exact) mass is 435 g/mol. The van der Waals surface area contributed by atoms with E-state index in [1.807, 2.05) is 12.1 Å². The molecule has 1 atom stereocenters. The number of urea groups is 1. The molecule has 0 bridgehead atoms. The highest BCUT2D eigenvalue weighted by atomic mass is 35.5. The number of carbonyl (C=O) groups is 2. The first kappa shape index (κ1) is 21.4. The van der Waals surface area contributed by atoms with Crippen molar-refractivity contribution in [2.75, 3.05) is 25.0 Å². The molecule has 3 rings (SSSR count). The molecule has 1 heterocycles. The Kier molecular flexibility index (Phi) is 7.36. The van der Waals surface area contributed by atoms with Gasteiger partial charge in [0, 0.05) is 35.4 Å². The summed E-state index contributed by atoms with van der Waals surface area (Å²) in [6.45, 7) is 0.900. The SMILES string of the molecule is O=C(C1CCCN1C(=O)Nc1ccc(Cl)cc1)N(CCO)Cc1ccc(Cl)cc1. The van der Waals surface area contributed by atoms with Crippen molar-refractivity contribution in [2.24, 2.45) is 0 Å². The largest absolute Gasteiger partial charge is 0.395 e. The van der Waals surface area contributed by atoms with Gasteiger partial charge in [-0.05, 0) is 54.8 Å². The van der Waals surface area contributed by atoms with Crippen LogP contribution in [0, 0.1) is 0 Å². The highest BCUT2D eigenvalue weighted by Gasteiger charge is 2.36. The fourth-order valence-corrected chi connectivity index (χ4v) is 3.66. The summed E-state index contributed by atoms with van der Waals surface area (Å²) in [5.74, 6) is -0.169. The number of halogens is 2. The predicted octanol–water partition coefficient (Wildman–Crippen LogP) is 4.01. The van der Waals surface area contributed by atoms with Gasteiger partial charge in [0.25, 0.3) is 0 Å². The summed E-state index contributed by atoms with van der Waals surface area (Å²) < 4.78 is 0. The Labute approximate surface area is 180 Å². The molecule has 3 amide bonds. The number of aliphatic hydroxyl groups excluding tert-OH is 1. The van der Waals surface area contributed by atoms with Crippen LogP contribution < -0.4 is 5.32 Å². The van der Waals surface area contributed by atoms with Gasteiger partial charge in [-0.1, -0.05) is 35.3 Å². The van der Waals surface area contributed by atoms with Crippen molar-refractivity contribution >= 4 is 40.8 Å². The normalized spacial score (nSPS) is 16.0. The molecular formula is C21H23Cl2N3O3. The van der Waals surface area contributed by atoms with Crippen LogP contribution in [0.3, 0.4) is 0 Å². The fraction of sp³-hybridized carbons (Fsp3) is 0.333. The van der Waals surface area contributed by atoms with Gasteiger partial charge in [0.05, 0.1) is 6.61 Å². The maximum absolute atomic E-state index is 13.2. The van der Waals surface area contributed by atoms with E-state index in [9.17, 15) is 14.7 Å². The summed E-state index contributed by atoms with van der Waals surface area (Å²) in [6, 6.07) is 13.2. The molecule has 0 aromatic heterocycles. The number of aliphatic hydroxyl groups is 1. The number of rotatable bonds is 6. The van der Waals surface area contributed by atoms with Crippen LogP contribution in [0.5, 0.6) is 0 Å². The predicted molar refractivity (Wildman–Crippen MR) is 114 cm³/mol. The molecule has 1 aliphatic heterocycles. The Bertz CT molecular complexity index is 843. The maximum atomic E-state index is 13.2. The molecule has 2 N–H and O–H groups in total. The van der Waals surface area contributed by atoms with Crippen LogP contribution in [-0.4, -0.2) is 52.6 Å². The summed E-state index contributed by atoms with van der Waals surface area (Å²) in [6.07, 6.45) is 1.34. The lowest BCUT2D eigenvalue weighted by molar-refractivity contribution is -0.136. The van der Waals surface area contributed by atoms with Gasteiger partial charge in [0.1, 0.15) is 6.04 Å². The van der Waals surface area contributed by atoms with Crippen molar-refractivity contribution < 1.29 is 14.7 Å². The lowest BCUT2D eigenvalue weighted by Gasteiger charge is -2.30. The molecule has 0 radical (unpaired) electrons. The van der Waals surface area contributed by atoms with Crippen molar-refractivity contribution in [3.63, 3.8) is 0 Å². The van der Waals surface area contributed by atoms with Gasteiger partial charge in [0.15, 0.2) is 0 Å². The number of anilines is 1. The summed E-state index contributed by atoms with van der Waals surface area (Å²) >= 11 is 11.8. The highest BCUT2D eigenvalue weighted by Crippen LogP contribution is 2.23. The Hall–Kier alpha value is -2.28. The van der Waals surface area contributed by atoms with Crippen LogP contribution in [0.15, 0.2) is 48.5 Å². The molecule has 154 valence electrons. The Morgan fingerprint density at radius 1 is 1.07 bits per heavy atom. The van der Waals surface area contributed by atoms with Crippen molar-refractivity contribution in [3.8, 4) is 0 Å². The van der Waals surface area contributed by atoms with E-state index in [1.54, 1.807) is 46.2 Å². The fourth-order valence-electron chi connectivity index (χ4n) is 3.40. The van der Waals surface area contributed by atoms with Gasteiger partial charge in [-0.2, -0.15) is 0 Å². The molecule has 6 nitrogen and oxygen atoms in total. The number of hydrogen-bond donors (Lipinski definition) is 2. The van der Waals surface area contributed by atoms with Crippen LogP contribution in [-0.2, 0) is 11.3 Å². The molecular weight excluding hydrogens is 413 g/mol. The number of nitrogens with zero attached hydrogens (tertiary/aromatic N) is 2. The van der Waals surface area contributed by atoms with Crippen LogP contribution >= 0.6 is 23.2 Å². The van der Waals surface area contributed by atoms with Crippen LogP contribution in [0.25, 0.3) is 0 Å². The van der Waals surface area contributed by atoms with Gasteiger partial charge in [-0.25, -0.2) is 4.79 Å². The molecule has 29 heavy (non-hydrogen) atoms. The van der Waals surface area contributed by atoms with E-state index in [0.717, 1.165) is 12.0 Å². The van der Waals surface area contributed by atoms with Crippen molar-refractivity contribution in [1.29, 1.82) is 0 Å². The highest BCUT2D eigenvalue weighted by molar-refractivity contribution is 6.30. The van der Waals surface area contributed by atoms with E-state index in [0.29, 0.717) is 35.2 Å². The zero-order chi connectivity index (χ0) is 20.8. The Balaban J connectivity index is 1.69. The molecule has 8 heteroatoms. The topological polar surface area (TPSA) is 72.9 Å². The smallest absolute Gasteiger partial charge is 0.322 e. The number of amides is 3. The van der Waals surface area contributed by atoms with Crippen molar-refractivity contribution in [2.45, 2.75) is 25.4 Å². The molecule has 1 saturated heterocycles. The molecule has 1 unspecified atom stereocenters. The van der Waals surface area contributed by atoms with Gasteiger partial charge in [-0.15, -0.1) is 0 Å². The molecule has 2 aromatic rings. The zero-order valence-corrected chi connectivity index (χ0v) is 17.4. The third-order valence-corrected chi connectivity index (χ3v) is 5.37. The van der Waals surface area contributed by atoms with Crippen molar-refractivity contribution in [1.82, 2.24) is 9.80 Å². The zero-order valence-electron chi connectivity index (χ0n) is 15.9. The molecule has 0 saturated carbocycles. The summed E-state index contributed by atoms with van der Waals surface area (Å²) in [7, 11) is 0. The Morgan fingerprint density at radius 3 is 2.31 bits per heavy atom. The first-order valence-electron chi connectivity index (χ1n) is 9.45. The molecule has 0 aliphatic carbocycles. The quantitative estimate of drug-likeness (QED) is 0.719. The second-order valence-electron chi connectivity index (χ2n) is 6.90. The number of carbonyl (C=O) groups excluding carboxylic acids is 2. The Morgan fingerprint density at radius 2 is 1.69 bits per heavy atom. The number of hydrogen-bond acceptors (Lipinski definition) is 3. The average Bonchev–Trinajstić information content (AvgIpc) is 3.20. The number of likely N-dealkylation sites (tertiary alicyclic amines) is 1. The van der Waals surface area contributed by atoms with E-state index in [2.05, 4.69) is 5.32 Å². The third kappa shape index (κ3) is 5.63. The van der Waals surface area contributed by atoms with Crippen LogP contribution in [0.1, 0.15) is 18.4 Å². The van der Waals surface area contributed by atoms with E-state index < -0.39 is 6.04 Å². The summed E-state index contributed by atoms with van der Waals surface area (Å²) in [5.41, 5.74) is 1.53. The molecule has 1 aliphatic rings. The molecule has 0 spiro atoms. The van der Waals surface area contributed by atoms with Crippen molar-refractivity contribution in [3.05, 3.63) is 64.1 Å². The van der Waals surface area contributed by atoms with Gasteiger partial charge in [-0.3, -0.25) is 4.79 Å². The summed E-state index contributed by atoms with van der Waals surface area (Å²) in [4.78, 5) is 29.0. The third-order valence-electron chi connectivity index (χ3n) is 4.86. The van der Waals surface area contributed by atoms with Crippen LogP contribution in [0.4, 0.5) is 10.5 Å². The maximum Gasteiger partial charge on any atom is 0.322 e. The van der Waals surface area contributed by atoms with E-state index in [1.165, 1.54) is 0 Å². The van der Waals surface area contributed by atoms with E-state index in [4.69, 9.17) is 23.2 Å². The molecule has 2 aromatic carbocycles. The second kappa shape index (κ2) is 9.96. The summed E-state index contributed by atoms with van der Waals surface area (Å²) in [5, 5.41) is 13.4.